The maximum absolute atomic E-state index is 6.00. The van der Waals surface area contributed by atoms with Crippen LogP contribution in [0.15, 0.2) is 0 Å². The molecule has 0 aliphatic heterocycles. The molecule has 0 heterocycles. The van der Waals surface area contributed by atoms with Crippen molar-refractivity contribution in [1.82, 2.24) is 0 Å². The van der Waals surface area contributed by atoms with Gasteiger partial charge in [0.15, 0.2) is 9.76 Å². The van der Waals surface area contributed by atoms with Gasteiger partial charge < -0.3 is 4.43 Å². The summed E-state index contributed by atoms with van der Waals surface area (Å²) in [6.45, 7) is 8.99. The molecule has 1 nitrogen and oxygen atoms in total. The highest BCUT2D eigenvalue weighted by atomic mass is 28.2. The Bertz CT molecular complexity index is 87.0. The molecule has 0 aromatic heterocycles. The molecule has 0 radical (unpaired) electrons. The van der Waals surface area contributed by atoms with Crippen LogP contribution in [0.2, 0.25) is 6.55 Å². The summed E-state index contributed by atoms with van der Waals surface area (Å²) in [7, 11) is -0.242. The second-order valence-corrected chi connectivity index (χ2v) is 4.34. The molecule has 0 aromatic rings. The molecular formula is C10H24OSi. The normalized spacial score (nSPS) is 13.0. The first kappa shape index (κ1) is 12.2. The van der Waals surface area contributed by atoms with Crippen molar-refractivity contribution in [1.29, 1.82) is 0 Å². The third-order valence-electron chi connectivity index (χ3n) is 2.51. The van der Waals surface area contributed by atoms with E-state index in [1.807, 2.05) is 0 Å². The van der Waals surface area contributed by atoms with Gasteiger partial charge in [-0.15, -0.1) is 0 Å². The van der Waals surface area contributed by atoms with Crippen LogP contribution in [0.25, 0.3) is 0 Å². The van der Waals surface area contributed by atoms with E-state index in [9.17, 15) is 0 Å². The zero-order chi connectivity index (χ0) is 9.45. The quantitative estimate of drug-likeness (QED) is 0.558. The molecule has 0 aromatic carbocycles. The van der Waals surface area contributed by atoms with Gasteiger partial charge in [0.25, 0.3) is 0 Å². The van der Waals surface area contributed by atoms with Crippen LogP contribution >= 0.6 is 0 Å². The molecule has 74 valence electrons. The lowest BCUT2D eigenvalue weighted by molar-refractivity contribution is 0.0494. The van der Waals surface area contributed by atoms with Crippen LogP contribution < -0.4 is 0 Å². The predicted octanol–water partition coefficient (Wildman–Crippen LogP) is 2.88. The summed E-state index contributed by atoms with van der Waals surface area (Å²) in [6, 6.07) is 0. The smallest absolute Gasteiger partial charge is 0.159 e. The molecule has 0 rings (SSSR count). The molecule has 0 aliphatic rings. The van der Waals surface area contributed by atoms with Crippen LogP contribution in [-0.2, 0) is 4.43 Å². The lowest BCUT2D eigenvalue weighted by atomic mass is 9.90. The first-order valence-corrected chi connectivity index (χ1v) is 7.37. The second kappa shape index (κ2) is 6.67. The Labute approximate surface area is 79.8 Å². The fraction of sp³-hybridized carbons (Fsp3) is 1.00. The van der Waals surface area contributed by atoms with Crippen LogP contribution in [0.4, 0.5) is 0 Å². The Balaban J connectivity index is 4.06. The molecule has 0 bridgehead atoms. The van der Waals surface area contributed by atoms with Gasteiger partial charge in [0.2, 0.25) is 0 Å². The van der Waals surface area contributed by atoms with E-state index < -0.39 is 0 Å². The molecule has 0 fully saturated rings. The van der Waals surface area contributed by atoms with Gasteiger partial charge in [-0.25, -0.2) is 0 Å². The van der Waals surface area contributed by atoms with Gasteiger partial charge in [0.05, 0.1) is 5.60 Å². The van der Waals surface area contributed by atoms with E-state index in [-0.39, 0.29) is 15.4 Å². The fourth-order valence-electron chi connectivity index (χ4n) is 1.94. The molecule has 0 aliphatic carbocycles. The van der Waals surface area contributed by atoms with E-state index in [0.717, 1.165) is 0 Å². The van der Waals surface area contributed by atoms with Crippen molar-refractivity contribution >= 4 is 9.76 Å². The van der Waals surface area contributed by atoms with Gasteiger partial charge in [-0.1, -0.05) is 40.2 Å². The minimum absolute atomic E-state index is 0.242. The Morgan fingerprint density at radius 1 is 1.08 bits per heavy atom. The monoisotopic (exact) mass is 188 g/mol. The van der Waals surface area contributed by atoms with Crippen molar-refractivity contribution in [3.05, 3.63) is 0 Å². The van der Waals surface area contributed by atoms with Crippen molar-refractivity contribution in [2.75, 3.05) is 0 Å². The molecule has 0 spiro atoms. The Kier molecular flexibility index (Phi) is 6.77. The molecule has 12 heavy (non-hydrogen) atoms. The van der Waals surface area contributed by atoms with Gasteiger partial charge in [0.1, 0.15) is 0 Å². The lowest BCUT2D eigenvalue weighted by Gasteiger charge is -2.33. The van der Waals surface area contributed by atoms with Crippen molar-refractivity contribution in [2.45, 2.75) is 65.0 Å². The van der Waals surface area contributed by atoms with Crippen LogP contribution in [0.5, 0.6) is 0 Å². The van der Waals surface area contributed by atoms with Crippen molar-refractivity contribution in [2.24, 2.45) is 0 Å². The highest BCUT2D eigenvalue weighted by molar-refractivity contribution is 6.25. The molecule has 0 unspecified atom stereocenters. The zero-order valence-corrected chi connectivity index (χ0v) is 10.6. The van der Waals surface area contributed by atoms with Crippen LogP contribution in [0, 0.1) is 0 Å². The van der Waals surface area contributed by atoms with Crippen molar-refractivity contribution in [3.8, 4) is 0 Å². The first-order chi connectivity index (χ1) is 5.74. The van der Waals surface area contributed by atoms with Gasteiger partial charge >= 0.3 is 0 Å². The number of hydrogen-bond acceptors (Lipinski definition) is 1. The first-order valence-electron chi connectivity index (χ1n) is 5.38. The van der Waals surface area contributed by atoms with E-state index in [4.69, 9.17) is 4.43 Å². The summed E-state index contributed by atoms with van der Waals surface area (Å²) in [5.74, 6) is 0. The maximum Gasteiger partial charge on any atom is 0.159 e. The Morgan fingerprint density at radius 3 is 1.83 bits per heavy atom. The summed E-state index contributed by atoms with van der Waals surface area (Å²) in [6.07, 6.45) is 6.19. The highest BCUT2D eigenvalue weighted by Crippen LogP contribution is 2.27. The Morgan fingerprint density at radius 2 is 1.58 bits per heavy atom. The third-order valence-corrected chi connectivity index (χ3v) is 3.41. The summed E-state index contributed by atoms with van der Waals surface area (Å²) in [5.41, 5.74) is 0.254. The summed E-state index contributed by atoms with van der Waals surface area (Å²) < 4.78 is 6.00. The van der Waals surface area contributed by atoms with E-state index in [1.165, 1.54) is 32.1 Å². The maximum atomic E-state index is 6.00. The minimum atomic E-state index is -0.242. The summed E-state index contributed by atoms with van der Waals surface area (Å²) in [4.78, 5) is 0. The molecule has 0 saturated heterocycles. The molecule has 0 amide bonds. The molecule has 2 heteroatoms. The van der Waals surface area contributed by atoms with Gasteiger partial charge in [-0.05, 0) is 19.3 Å². The second-order valence-electron chi connectivity index (χ2n) is 3.47. The van der Waals surface area contributed by atoms with Crippen molar-refractivity contribution < 1.29 is 4.43 Å². The SMILES string of the molecule is CCCC(CC)(CCC)O[SiH2]C. The molecule has 0 atom stereocenters. The van der Waals surface area contributed by atoms with E-state index in [1.54, 1.807) is 0 Å². The molecular weight excluding hydrogens is 164 g/mol. The topological polar surface area (TPSA) is 9.23 Å². The summed E-state index contributed by atoms with van der Waals surface area (Å²) >= 11 is 0. The predicted molar refractivity (Wildman–Crippen MR) is 58.3 cm³/mol. The fourth-order valence-corrected chi connectivity index (χ4v) is 3.05. The molecule has 0 N–H and O–H groups in total. The number of rotatable bonds is 7. The van der Waals surface area contributed by atoms with Crippen LogP contribution in [0.1, 0.15) is 52.9 Å². The van der Waals surface area contributed by atoms with E-state index >= 15 is 0 Å². The van der Waals surface area contributed by atoms with Gasteiger partial charge in [0, 0.05) is 0 Å². The summed E-state index contributed by atoms with van der Waals surface area (Å²) in [5, 5.41) is 0. The highest BCUT2D eigenvalue weighted by Gasteiger charge is 2.25. The van der Waals surface area contributed by atoms with Gasteiger partial charge in [-0.2, -0.15) is 0 Å². The van der Waals surface area contributed by atoms with E-state index in [2.05, 4.69) is 27.3 Å². The van der Waals surface area contributed by atoms with Crippen LogP contribution in [-0.4, -0.2) is 15.4 Å². The average molecular weight is 188 g/mol. The third kappa shape index (κ3) is 3.72. The van der Waals surface area contributed by atoms with Crippen LogP contribution in [0.3, 0.4) is 0 Å². The molecule has 0 saturated carbocycles. The standard InChI is InChI=1S/C10H24OSi/c1-5-8-10(7-3,9-6-2)11-12-4/h5-9,12H2,1-4H3. The van der Waals surface area contributed by atoms with Gasteiger partial charge in [-0.3, -0.25) is 0 Å². The van der Waals surface area contributed by atoms with Crippen molar-refractivity contribution in [3.63, 3.8) is 0 Å². The van der Waals surface area contributed by atoms with E-state index in [0.29, 0.717) is 0 Å². The lowest BCUT2D eigenvalue weighted by Crippen LogP contribution is -2.32. The number of hydrogen-bond donors (Lipinski definition) is 0. The average Bonchev–Trinajstić information content (AvgIpc) is 2.06. The zero-order valence-electron chi connectivity index (χ0n) is 9.15. The largest absolute Gasteiger partial charge is 0.419 e. The Hall–Kier alpha value is 0.177. The minimum Gasteiger partial charge on any atom is -0.419 e.